The summed E-state index contributed by atoms with van der Waals surface area (Å²) < 4.78 is 4.88. The minimum atomic E-state index is -0.620. The average Bonchev–Trinajstić information content (AvgIpc) is 2.64. The summed E-state index contributed by atoms with van der Waals surface area (Å²) in [6, 6.07) is 8.70. The monoisotopic (exact) mass is 345 g/mol. The van der Waals surface area contributed by atoms with E-state index >= 15 is 0 Å². The zero-order chi connectivity index (χ0) is 17.6. The van der Waals surface area contributed by atoms with Crippen molar-refractivity contribution in [3.8, 4) is 0 Å². The lowest BCUT2D eigenvalue weighted by atomic mass is 9.93. The van der Waals surface area contributed by atoms with E-state index in [0.29, 0.717) is 19.0 Å². The summed E-state index contributed by atoms with van der Waals surface area (Å²) >= 11 is 0. The topological polar surface area (TPSA) is 75.9 Å². The number of rotatable bonds is 5. The molecule has 0 radical (unpaired) electrons. The molecule has 1 aromatic carbocycles. The third-order valence-electron chi connectivity index (χ3n) is 5.22. The molecule has 1 saturated heterocycles. The highest BCUT2D eigenvalue weighted by molar-refractivity contribution is 5.78. The first kappa shape index (κ1) is 17.6. The average molecular weight is 345 g/mol. The predicted molar refractivity (Wildman–Crippen MR) is 96.4 cm³/mol. The van der Waals surface area contributed by atoms with Crippen LogP contribution in [-0.2, 0) is 16.0 Å². The third-order valence-corrected chi connectivity index (χ3v) is 5.22. The quantitative estimate of drug-likeness (QED) is 0.887. The van der Waals surface area contributed by atoms with E-state index in [9.17, 15) is 9.59 Å². The number of hydrogen-bond donors (Lipinski definition) is 1. The molecule has 0 aliphatic carbocycles. The number of nitrogens with two attached hydrogens (primary N) is 1. The fourth-order valence-electron chi connectivity index (χ4n) is 3.81. The predicted octanol–water partition coefficient (Wildman–Crippen LogP) is 2.16. The normalized spacial score (nSPS) is 17.9. The number of amides is 2. The number of carbonyl (C=O) groups excluding carboxylic acids is 2. The Morgan fingerprint density at radius 3 is 2.68 bits per heavy atom. The van der Waals surface area contributed by atoms with Gasteiger partial charge in [0.25, 0.3) is 5.91 Å². The van der Waals surface area contributed by atoms with E-state index in [1.165, 1.54) is 24.1 Å². The van der Waals surface area contributed by atoms with Crippen molar-refractivity contribution in [1.29, 1.82) is 0 Å². The van der Waals surface area contributed by atoms with Gasteiger partial charge in [0, 0.05) is 31.9 Å². The van der Waals surface area contributed by atoms with Crippen LogP contribution in [0.5, 0.6) is 0 Å². The minimum absolute atomic E-state index is 0.340. The van der Waals surface area contributed by atoms with Gasteiger partial charge in [-0.2, -0.15) is 0 Å². The van der Waals surface area contributed by atoms with Gasteiger partial charge in [-0.3, -0.25) is 4.79 Å². The van der Waals surface area contributed by atoms with Crippen molar-refractivity contribution in [2.45, 2.75) is 32.1 Å². The van der Waals surface area contributed by atoms with Crippen LogP contribution in [0.1, 0.15) is 31.2 Å². The molecule has 1 fully saturated rings. The van der Waals surface area contributed by atoms with Crippen molar-refractivity contribution in [2.24, 2.45) is 11.7 Å². The van der Waals surface area contributed by atoms with Crippen molar-refractivity contribution in [3.63, 3.8) is 0 Å². The van der Waals surface area contributed by atoms with E-state index in [-0.39, 0.29) is 6.61 Å². The van der Waals surface area contributed by atoms with Gasteiger partial charge in [-0.25, -0.2) is 4.79 Å². The number of nitrogens with zero attached hydrogens (tertiary/aromatic N) is 2. The van der Waals surface area contributed by atoms with E-state index in [0.717, 1.165) is 32.4 Å². The van der Waals surface area contributed by atoms with Gasteiger partial charge >= 0.3 is 6.09 Å². The smallest absolute Gasteiger partial charge is 0.410 e. The van der Waals surface area contributed by atoms with Crippen LogP contribution in [0.4, 0.5) is 10.5 Å². The number of para-hydroxylation sites is 1. The lowest BCUT2D eigenvalue weighted by molar-refractivity contribution is -0.121. The van der Waals surface area contributed by atoms with E-state index in [4.69, 9.17) is 10.5 Å². The molecule has 0 saturated carbocycles. The Labute approximate surface area is 148 Å². The summed E-state index contributed by atoms with van der Waals surface area (Å²) in [5.41, 5.74) is 7.85. The van der Waals surface area contributed by atoms with Gasteiger partial charge in [-0.1, -0.05) is 18.2 Å². The second kappa shape index (κ2) is 8.23. The highest BCUT2D eigenvalue weighted by atomic mass is 16.6. The largest absolute Gasteiger partial charge is 0.439 e. The molecular formula is C19H27N3O3. The fourth-order valence-corrected chi connectivity index (χ4v) is 3.81. The van der Waals surface area contributed by atoms with Gasteiger partial charge < -0.3 is 20.3 Å². The van der Waals surface area contributed by atoms with Crippen LogP contribution in [0.15, 0.2) is 24.3 Å². The molecule has 0 aromatic heterocycles. The van der Waals surface area contributed by atoms with Gasteiger partial charge in [-0.15, -0.1) is 0 Å². The van der Waals surface area contributed by atoms with E-state index in [2.05, 4.69) is 29.2 Å². The molecule has 0 atom stereocenters. The van der Waals surface area contributed by atoms with Gasteiger partial charge in [0.2, 0.25) is 0 Å². The number of anilines is 1. The van der Waals surface area contributed by atoms with Crippen LogP contribution in [-0.4, -0.2) is 49.7 Å². The first-order chi connectivity index (χ1) is 12.1. The molecule has 25 heavy (non-hydrogen) atoms. The van der Waals surface area contributed by atoms with Gasteiger partial charge in [0.05, 0.1) is 0 Å². The fraction of sp³-hybridized carbons (Fsp3) is 0.579. The van der Waals surface area contributed by atoms with Crippen molar-refractivity contribution >= 4 is 17.7 Å². The van der Waals surface area contributed by atoms with E-state index in [1.807, 2.05) is 0 Å². The summed E-state index contributed by atoms with van der Waals surface area (Å²) in [5, 5.41) is 0. The number of ether oxygens (including phenoxy) is 1. The summed E-state index contributed by atoms with van der Waals surface area (Å²) in [6.07, 6.45) is 5.10. The maximum Gasteiger partial charge on any atom is 0.410 e. The lowest BCUT2D eigenvalue weighted by Crippen LogP contribution is -2.40. The van der Waals surface area contributed by atoms with E-state index < -0.39 is 12.0 Å². The summed E-state index contributed by atoms with van der Waals surface area (Å²) in [4.78, 5) is 26.7. The molecule has 2 N–H and O–H groups in total. The van der Waals surface area contributed by atoms with Crippen molar-refractivity contribution in [1.82, 2.24) is 4.90 Å². The molecule has 6 heteroatoms. The molecule has 6 nitrogen and oxygen atoms in total. The number of hydrogen-bond acceptors (Lipinski definition) is 4. The number of carbonyl (C=O) groups is 2. The number of primary amides is 1. The SMILES string of the molecule is NC(=O)COC(=O)N1CCC(CCN2CCCc3ccccc32)CC1. The molecule has 2 aliphatic rings. The van der Waals surface area contributed by atoms with E-state index in [1.54, 1.807) is 4.90 Å². The van der Waals surface area contributed by atoms with Crippen LogP contribution in [0.2, 0.25) is 0 Å². The molecule has 0 bridgehead atoms. The molecule has 3 rings (SSSR count). The minimum Gasteiger partial charge on any atom is -0.439 e. The Morgan fingerprint density at radius 2 is 1.92 bits per heavy atom. The second-order valence-corrected chi connectivity index (χ2v) is 6.96. The van der Waals surface area contributed by atoms with Crippen molar-refractivity contribution in [2.75, 3.05) is 37.7 Å². The molecule has 2 aliphatic heterocycles. The Balaban J connectivity index is 1.43. The number of likely N-dealkylation sites (tertiary alicyclic amines) is 1. The third kappa shape index (κ3) is 4.65. The van der Waals surface area contributed by atoms with Crippen LogP contribution < -0.4 is 10.6 Å². The Morgan fingerprint density at radius 1 is 1.16 bits per heavy atom. The molecule has 2 amide bonds. The van der Waals surface area contributed by atoms with Crippen LogP contribution in [0.3, 0.4) is 0 Å². The summed E-state index contributed by atoms with van der Waals surface area (Å²) in [7, 11) is 0. The van der Waals surface area contributed by atoms with Crippen LogP contribution in [0.25, 0.3) is 0 Å². The maximum absolute atomic E-state index is 11.8. The molecule has 0 unspecified atom stereocenters. The molecule has 0 spiro atoms. The van der Waals surface area contributed by atoms with Crippen molar-refractivity contribution < 1.29 is 14.3 Å². The highest BCUT2D eigenvalue weighted by Gasteiger charge is 2.25. The summed E-state index contributed by atoms with van der Waals surface area (Å²) in [6.45, 7) is 3.26. The number of aryl methyl sites for hydroxylation is 1. The first-order valence-corrected chi connectivity index (χ1v) is 9.16. The van der Waals surface area contributed by atoms with Crippen LogP contribution >= 0.6 is 0 Å². The highest BCUT2D eigenvalue weighted by Crippen LogP contribution is 2.28. The van der Waals surface area contributed by atoms with Gasteiger partial charge in [0.15, 0.2) is 6.61 Å². The number of fused-ring (bicyclic) bond motifs is 1. The second-order valence-electron chi connectivity index (χ2n) is 6.96. The number of benzene rings is 1. The molecule has 136 valence electrons. The lowest BCUT2D eigenvalue weighted by Gasteiger charge is -2.35. The first-order valence-electron chi connectivity index (χ1n) is 9.16. The maximum atomic E-state index is 11.8. The molecule has 1 aromatic rings. The molecular weight excluding hydrogens is 318 g/mol. The zero-order valence-corrected chi connectivity index (χ0v) is 14.7. The Hall–Kier alpha value is -2.24. The zero-order valence-electron chi connectivity index (χ0n) is 14.7. The Kier molecular flexibility index (Phi) is 5.79. The molecule has 2 heterocycles. The van der Waals surface area contributed by atoms with Gasteiger partial charge in [0.1, 0.15) is 0 Å². The standard InChI is InChI=1S/C19H27N3O3/c20-18(23)14-25-19(24)22-12-8-15(9-13-22)7-11-21-10-3-5-16-4-1-2-6-17(16)21/h1-2,4,6,15H,3,5,7-14H2,(H2,20,23). The van der Waals surface area contributed by atoms with Crippen LogP contribution in [0, 0.1) is 5.92 Å². The Bertz CT molecular complexity index is 612. The van der Waals surface area contributed by atoms with Crippen molar-refractivity contribution in [3.05, 3.63) is 29.8 Å². The summed E-state index contributed by atoms with van der Waals surface area (Å²) in [5.74, 6) is 0.0133. The number of piperidine rings is 1. The van der Waals surface area contributed by atoms with Gasteiger partial charge in [-0.05, 0) is 49.7 Å².